The molecule has 24 heavy (non-hydrogen) atoms. The summed E-state index contributed by atoms with van der Waals surface area (Å²) < 4.78 is 30.0. The minimum absolute atomic E-state index is 0.111. The number of rotatable bonds is 6. The highest BCUT2D eigenvalue weighted by Crippen LogP contribution is 2.26. The number of amides is 1. The number of ether oxygens (including phenoxy) is 1. The summed E-state index contributed by atoms with van der Waals surface area (Å²) in [5.41, 5.74) is 0.246. The van der Waals surface area contributed by atoms with Gasteiger partial charge in [-0.25, -0.2) is 4.39 Å². The molecule has 5 nitrogen and oxygen atoms in total. The number of benzene rings is 2. The van der Waals surface area contributed by atoms with Crippen LogP contribution in [0.5, 0.6) is 11.5 Å². The van der Waals surface area contributed by atoms with Crippen molar-refractivity contribution >= 4 is 16.7 Å². The van der Waals surface area contributed by atoms with E-state index in [0.717, 1.165) is 0 Å². The third-order valence-electron chi connectivity index (χ3n) is 3.11. The molecule has 0 unspecified atom stereocenters. The van der Waals surface area contributed by atoms with E-state index in [-0.39, 0.29) is 17.2 Å². The fourth-order valence-electron chi connectivity index (χ4n) is 1.91. The molecule has 0 aliphatic rings. The first-order valence-corrected chi connectivity index (χ1v) is 8.78. The standard InChI is InChI=1S/C17H15FN2O3S/c1-24(22)10-9-20-17(21)12-5-7-13(8-6-12)23-16-4-2-3-15(18)14(16)11-19/h2-8H,9-10H2,1H3,(H,20,21)/t24-/m1/s1. The molecule has 2 rings (SSSR count). The van der Waals surface area contributed by atoms with Crippen LogP contribution in [0.3, 0.4) is 0 Å². The first kappa shape index (κ1) is 17.6. The Bertz CT molecular complexity index is 800. The zero-order chi connectivity index (χ0) is 17.5. The van der Waals surface area contributed by atoms with Gasteiger partial charge in [0, 0.05) is 34.9 Å². The van der Waals surface area contributed by atoms with Gasteiger partial charge in [-0.2, -0.15) is 5.26 Å². The molecule has 1 amide bonds. The average molecular weight is 346 g/mol. The highest BCUT2D eigenvalue weighted by Gasteiger charge is 2.10. The number of nitriles is 1. The molecule has 0 radical (unpaired) electrons. The van der Waals surface area contributed by atoms with Crippen molar-refractivity contribution in [3.05, 3.63) is 59.4 Å². The summed E-state index contributed by atoms with van der Waals surface area (Å²) in [6, 6.07) is 12.1. The Morgan fingerprint density at radius 3 is 2.62 bits per heavy atom. The van der Waals surface area contributed by atoms with Gasteiger partial charge in [-0.3, -0.25) is 9.00 Å². The van der Waals surface area contributed by atoms with E-state index >= 15 is 0 Å². The number of hydrogen-bond donors (Lipinski definition) is 1. The number of nitrogens with zero attached hydrogens (tertiary/aromatic N) is 1. The minimum Gasteiger partial charge on any atom is -0.456 e. The Morgan fingerprint density at radius 1 is 1.29 bits per heavy atom. The predicted molar refractivity (Wildman–Crippen MR) is 88.9 cm³/mol. The predicted octanol–water partition coefficient (Wildman–Crippen LogP) is 2.60. The Kier molecular flexibility index (Phi) is 6.04. The van der Waals surface area contributed by atoms with Gasteiger partial charge < -0.3 is 10.1 Å². The average Bonchev–Trinajstić information content (AvgIpc) is 2.55. The van der Waals surface area contributed by atoms with Gasteiger partial charge in [0.25, 0.3) is 5.91 Å². The molecule has 2 aromatic carbocycles. The lowest BCUT2D eigenvalue weighted by Crippen LogP contribution is -2.27. The van der Waals surface area contributed by atoms with Gasteiger partial charge in [0.1, 0.15) is 28.9 Å². The fourth-order valence-corrected chi connectivity index (χ4v) is 2.30. The maximum atomic E-state index is 13.5. The summed E-state index contributed by atoms with van der Waals surface area (Å²) in [6.45, 7) is 0.328. The number of hydrogen-bond acceptors (Lipinski definition) is 4. The molecule has 124 valence electrons. The largest absolute Gasteiger partial charge is 0.456 e. The van der Waals surface area contributed by atoms with Crippen LogP contribution in [0.25, 0.3) is 0 Å². The van der Waals surface area contributed by atoms with Crippen LogP contribution in [-0.4, -0.2) is 28.7 Å². The molecule has 1 N–H and O–H groups in total. The van der Waals surface area contributed by atoms with Crippen LogP contribution in [0.1, 0.15) is 15.9 Å². The maximum Gasteiger partial charge on any atom is 0.251 e. The summed E-state index contributed by atoms with van der Waals surface area (Å²) in [5, 5.41) is 11.6. The van der Waals surface area contributed by atoms with E-state index in [0.29, 0.717) is 23.6 Å². The second kappa shape index (κ2) is 8.22. The summed E-state index contributed by atoms with van der Waals surface area (Å²) in [4.78, 5) is 11.9. The van der Waals surface area contributed by atoms with E-state index in [9.17, 15) is 13.4 Å². The zero-order valence-corrected chi connectivity index (χ0v) is 13.7. The molecule has 0 aliphatic heterocycles. The van der Waals surface area contributed by atoms with Crippen LogP contribution in [0.15, 0.2) is 42.5 Å². The van der Waals surface area contributed by atoms with E-state index in [2.05, 4.69) is 5.32 Å². The van der Waals surface area contributed by atoms with Crippen LogP contribution >= 0.6 is 0 Å². The van der Waals surface area contributed by atoms with Gasteiger partial charge in [-0.05, 0) is 36.4 Å². The van der Waals surface area contributed by atoms with E-state index in [1.165, 1.54) is 18.2 Å². The van der Waals surface area contributed by atoms with E-state index < -0.39 is 16.6 Å². The van der Waals surface area contributed by atoms with Crippen molar-refractivity contribution in [2.24, 2.45) is 0 Å². The molecule has 2 aromatic rings. The Morgan fingerprint density at radius 2 is 2.00 bits per heavy atom. The van der Waals surface area contributed by atoms with E-state index in [1.54, 1.807) is 36.6 Å². The van der Waals surface area contributed by atoms with Crippen molar-refractivity contribution in [3.63, 3.8) is 0 Å². The molecule has 7 heteroatoms. The first-order chi connectivity index (χ1) is 11.5. The maximum absolute atomic E-state index is 13.5. The third kappa shape index (κ3) is 4.64. The lowest BCUT2D eigenvalue weighted by molar-refractivity contribution is 0.0956. The van der Waals surface area contributed by atoms with Crippen LogP contribution in [0.2, 0.25) is 0 Å². The number of nitrogens with one attached hydrogen (secondary N) is 1. The van der Waals surface area contributed by atoms with E-state index in [1.807, 2.05) is 0 Å². The SMILES string of the molecule is C[S@@](=O)CCNC(=O)c1ccc(Oc2cccc(F)c2C#N)cc1. The Hall–Kier alpha value is -2.72. The molecule has 0 bridgehead atoms. The molecule has 1 atom stereocenters. The molecule has 0 aromatic heterocycles. The van der Waals surface area contributed by atoms with Gasteiger partial charge in [0.05, 0.1) is 0 Å². The lowest BCUT2D eigenvalue weighted by Gasteiger charge is -2.09. The Balaban J connectivity index is 2.05. The van der Waals surface area contributed by atoms with Crippen molar-refractivity contribution < 1.29 is 18.1 Å². The normalized spacial score (nSPS) is 11.4. The second-order valence-electron chi connectivity index (χ2n) is 4.88. The smallest absolute Gasteiger partial charge is 0.251 e. The fraction of sp³-hybridized carbons (Fsp3) is 0.176. The summed E-state index contributed by atoms with van der Waals surface area (Å²) in [7, 11) is -0.962. The molecular weight excluding hydrogens is 331 g/mol. The topological polar surface area (TPSA) is 79.2 Å². The van der Waals surface area contributed by atoms with Crippen molar-refractivity contribution in [3.8, 4) is 17.6 Å². The highest BCUT2D eigenvalue weighted by atomic mass is 32.2. The molecule has 0 aliphatic carbocycles. The van der Waals surface area contributed by atoms with E-state index in [4.69, 9.17) is 10.00 Å². The summed E-state index contributed by atoms with van der Waals surface area (Å²) in [6.07, 6.45) is 1.57. The molecule has 0 saturated heterocycles. The van der Waals surface area contributed by atoms with Crippen molar-refractivity contribution in [2.45, 2.75) is 0 Å². The quantitative estimate of drug-likeness (QED) is 0.872. The van der Waals surface area contributed by atoms with Crippen molar-refractivity contribution in [2.75, 3.05) is 18.6 Å². The lowest BCUT2D eigenvalue weighted by atomic mass is 10.2. The summed E-state index contributed by atoms with van der Waals surface area (Å²) in [5.74, 6) is -0.0538. The van der Waals surface area contributed by atoms with Crippen LogP contribution in [0, 0.1) is 17.1 Å². The number of carbonyl (C=O) groups is 1. The molecule has 0 heterocycles. The number of carbonyl (C=O) groups excluding carboxylic acids is 1. The van der Waals surface area contributed by atoms with Gasteiger partial charge in [-0.1, -0.05) is 6.07 Å². The molecule has 0 saturated carbocycles. The van der Waals surface area contributed by atoms with Gasteiger partial charge in [-0.15, -0.1) is 0 Å². The number of halogens is 1. The monoisotopic (exact) mass is 346 g/mol. The van der Waals surface area contributed by atoms with Gasteiger partial charge in [0.2, 0.25) is 0 Å². The Labute approximate surface area is 141 Å². The van der Waals surface area contributed by atoms with Crippen LogP contribution in [-0.2, 0) is 10.8 Å². The molecule has 0 spiro atoms. The van der Waals surface area contributed by atoms with Crippen LogP contribution < -0.4 is 10.1 Å². The van der Waals surface area contributed by atoms with Crippen molar-refractivity contribution in [1.82, 2.24) is 5.32 Å². The van der Waals surface area contributed by atoms with Crippen molar-refractivity contribution in [1.29, 1.82) is 5.26 Å². The van der Waals surface area contributed by atoms with Gasteiger partial charge >= 0.3 is 0 Å². The second-order valence-corrected chi connectivity index (χ2v) is 6.44. The highest BCUT2D eigenvalue weighted by molar-refractivity contribution is 7.84. The first-order valence-electron chi connectivity index (χ1n) is 7.06. The zero-order valence-electron chi connectivity index (χ0n) is 12.9. The third-order valence-corrected chi connectivity index (χ3v) is 3.89. The van der Waals surface area contributed by atoms with Gasteiger partial charge in [0.15, 0.2) is 0 Å². The molecule has 0 fully saturated rings. The molecular formula is C17H15FN2O3S. The summed E-state index contributed by atoms with van der Waals surface area (Å²) >= 11 is 0. The minimum atomic E-state index is -0.962. The van der Waals surface area contributed by atoms with Crippen LogP contribution in [0.4, 0.5) is 4.39 Å².